The van der Waals surface area contributed by atoms with Gasteiger partial charge in [-0.25, -0.2) is 0 Å². The van der Waals surface area contributed by atoms with E-state index in [1.54, 1.807) is 0 Å². The molecule has 1 aliphatic rings. The van der Waals surface area contributed by atoms with E-state index >= 15 is 0 Å². The third kappa shape index (κ3) is 2.04. The molecule has 3 rings (SSSR count). The molecule has 3 nitrogen and oxygen atoms in total. The number of benzene rings is 1. The number of aromatic nitrogens is 1. The Balaban J connectivity index is 0.000000514. The maximum atomic E-state index is 8.80. The normalized spacial score (nSPS) is 14.6. The first-order chi connectivity index (χ1) is 8.38. The van der Waals surface area contributed by atoms with Crippen molar-refractivity contribution in [3.05, 3.63) is 36.0 Å². The van der Waals surface area contributed by atoms with Crippen LogP contribution in [-0.4, -0.2) is 17.7 Å². The lowest BCUT2D eigenvalue weighted by molar-refractivity contribution is 0.352. The monoisotopic (exact) mass is 227 g/mol. The lowest BCUT2D eigenvalue weighted by atomic mass is 10.1. The van der Waals surface area contributed by atoms with E-state index in [0.29, 0.717) is 6.04 Å². The topological polar surface area (TPSA) is 40.8 Å². The van der Waals surface area contributed by atoms with E-state index < -0.39 is 0 Å². The number of nitrogens with one attached hydrogen (secondary N) is 1. The fraction of sp³-hybridized carbons (Fsp3) is 0.357. The van der Waals surface area contributed by atoms with E-state index in [0.717, 1.165) is 24.0 Å². The standard InChI is InChI=1S/C12H11N3.C2H6/c13-6-9-1-2-12-10(5-9)3-4-15(12)11-7-14-8-11;1-2/h1-5,11,14H,7-8H2;1-2H3. The zero-order valence-electron chi connectivity index (χ0n) is 10.3. The van der Waals surface area contributed by atoms with Gasteiger partial charge < -0.3 is 9.88 Å². The number of hydrogen-bond acceptors (Lipinski definition) is 2. The summed E-state index contributed by atoms with van der Waals surface area (Å²) in [5.74, 6) is 0. The minimum Gasteiger partial charge on any atom is -0.342 e. The van der Waals surface area contributed by atoms with Crippen LogP contribution in [0.1, 0.15) is 25.5 Å². The predicted molar refractivity (Wildman–Crippen MR) is 69.9 cm³/mol. The number of fused-ring (bicyclic) bond motifs is 1. The first-order valence-corrected chi connectivity index (χ1v) is 6.10. The zero-order chi connectivity index (χ0) is 12.3. The van der Waals surface area contributed by atoms with Crippen molar-refractivity contribution in [1.29, 1.82) is 5.26 Å². The van der Waals surface area contributed by atoms with E-state index in [4.69, 9.17) is 5.26 Å². The van der Waals surface area contributed by atoms with Crippen molar-refractivity contribution in [2.75, 3.05) is 13.1 Å². The van der Waals surface area contributed by atoms with E-state index in [1.807, 2.05) is 32.0 Å². The van der Waals surface area contributed by atoms with Crippen molar-refractivity contribution >= 4 is 10.9 Å². The molecule has 0 aliphatic carbocycles. The number of nitrogens with zero attached hydrogens (tertiary/aromatic N) is 2. The van der Waals surface area contributed by atoms with Crippen LogP contribution in [0.2, 0.25) is 0 Å². The van der Waals surface area contributed by atoms with E-state index in [1.165, 1.54) is 5.52 Å². The highest BCUT2D eigenvalue weighted by atomic mass is 15.1. The Morgan fingerprint density at radius 3 is 2.65 bits per heavy atom. The average Bonchev–Trinajstić information content (AvgIpc) is 2.73. The molecule has 0 bridgehead atoms. The fourth-order valence-electron chi connectivity index (χ4n) is 2.02. The maximum absolute atomic E-state index is 8.80. The van der Waals surface area contributed by atoms with E-state index in [9.17, 15) is 0 Å². The molecule has 88 valence electrons. The second-order valence-corrected chi connectivity index (χ2v) is 3.92. The summed E-state index contributed by atoms with van der Waals surface area (Å²) in [6, 6.07) is 10.7. The molecule has 1 aliphatic heterocycles. The number of hydrogen-bond donors (Lipinski definition) is 1. The maximum Gasteiger partial charge on any atom is 0.0991 e. The Morgan fingerprint density at radius 2 is 2.06 bits per heavy atom. The number of rotatable bonds is 1. The van der Waals surface area contributed by atoms with Crippen molar-refractivity contribution in [3.63, 3.8) is 0 Å². The molecule has 1 fully saturated rings. The van der Waals surface area contributed by atoms with Gasteiger partial charge in [-0.05, 0) is 24.3 Å². The van der Waals surface area contributed by atoms with Crippen LogP contribution in [0.4, 0.5) is 0 Å². The minimum atomic E-state index is 0.579. The van der Waals surface area contributed by atoms with Crippen LogP contribution in [0.3, 0.4) is 0 Å². The van der Waals surface area contributed by atoms with Gasteiger partial charge in [-0.2, -0.15) is 5.26 Å². The second kappa shape index (κ2) is 5.03. The molecule has 0 atom stereocenters. The van der Waals surface area contributed by atoms with Crippen LogP contribution in [-0.2, 0) is 0 Å². The third-order valence-corrected chi connectivity index (χ3v) is 3.00. The molecule has 1 saturated heterocycles. The average molecular weight is 227 g/mol. The molecule has 0 unspecified atom stereocenters. The quantitative estimate of drug-likeness (QED) is 0.813. The highest BCUT2D eigenvalue weighted by molar-refractivity contribution is 5.81. The van der Waals surface area contributed by atoms with Crippen molar-refractivity contribution < 1.29 is 0 Å². The summed E-state index contributed by atoms with van der Waals surface area (Å²) in [6.45, 7) is 6.09. The van der Waals surface area contributed by atoms with Gasteiger partial charge in [0, 0.05) is 30.2 Å². The largest absolute Gasteiger partial charge is 0.342 e. The summed E-state index contributed by atoms with van der Waals surface area (Å²) in [5.41, 5.74) is 1.95. The molecule has 2 aromatic rings. The van der Waals surface area contributed by atoms with Gasteiger partial charge >= 0.3 is 0 Å². The first-order valence-electron chi connectivity index (χ1n) is 6.10. The summed E-state index contributed by atoms with van der Waals surface area (Å²) in [6.07, 6.45) is 2.11. The Morgan fingerprint density at radius 1 is 1.29 bits per heavy atom. The highest BCUT2D eigenvalue weighted by Gasteiger charge is 2.19. The van der Waals surface area contributed by atoms with Crippen LogP contribution < -0.4 is 5.32 Å². The molecule has 3 heteroatoms. The molecule has 0 amide bonds. The van der Waals surface area contributed by atoms with Gasteiger partial charge in [-0.1, -0.05) is 13.8 Å². The SMILES string of the molecule is CC.N#Cc1ccc2c(ccn2C2CNC2)c1. The smallest absolute Gasteiger partial charge is 0.0991 e. The predicted octanol–water partition coefficient (Wildman–Crippen LogP) is 2.68. The van der Waals surface area contributed by atoms with Crippen LogP contribution in [0, 0.1) is 11.3 Å². The van der Waals surface area contributed by atoms with Crippen LogP contribution in [0.5, 0.6) is 0 Å². The summed E-state index contributed by atoms with van der Waals surface area (Å²) >= 11 is 0. The van der Waals surface area contributed by atoms with Gasteiger partial charge in [-0.15, -0.1) is 0 Å². The van der Waals surface area contributed by atoms with Crippen molar-refractivity contribution in [2.24, 2.45) is 0 Å². The molecule has 1 aromatic carbocycles. The first kappa shape index (κ1) is 11.7. The molecular formula is C14H17N3. The van der Waals surface area contributed by atoms with Gasteiger partial charge in [0.15, 0.2) is 0 Å². The molecule has 1 aromatic heterocycles. The second-order valence-electron chi connectivity index (χ2n) is 3.92. The van der Waals surface area contributed by atoms with Crippen molar-refractivity contribution in [3.8, 4) is 6.07 Å². The van der Waals surface area contributed by atoms with Gasteiger partial charge in [0.05, 0.1) is 17.7 Å². The van der Waals surface area contributed by atoms with Gasteiger partial charge in [0.25, 0.3) is 0 Å². The lowest BCUT2D eigenvalue weighted by Crippen LogP contribution is -2.43. The van der Waals surface area contributed by atoms with Crippen LogP contribution in [0.15, 0.2) is 30.5 Å². The Kier molecular flexibility index (Phi) is 3.46. The fourth-order valence-corrected chi connectivity index (χ4v) is 2.02. The van der Waals surface area contributed by atoms with Crippen molar-refractivity contribution in [2.45, 2.75) is 19.9 Å². The van der Waals surface area contributed by atoms with Crippen LogP contribution in [0.25, 0.3) is 10.9 Å². The van der Waals surface area contributed by atoms with Gasteiger partial charge in [0.1, 0.15) is 0 Å². The molecule has 0 radical (unpaired) electrons. The molecule has 17 heavy (non-hydrogen) atoms. The minimum absolute atomic E-state index is 0.579. The summed E-state index contributed by atoms with van der Waals surface area (Å²) in [5, 5.41) is 13.2. The van der Waals surface area contributed by atoms with Crippen LogP contribution >= 0.6 is 0 Å². The Labute approximate surface area is 102 Å². The molecule has 0 spiro atoms. The molecule has 1 N–H and O–H groups in total. The number of nitriles is 1. The van der Waals surface area contributed by atoms with Gasteiger partial charge in [-0.3, -0.25) is 0 Å². The van der Waals surface area contributed by atoms with E-state index in [-0.39, 0.29) is 0 Å². The Hall–Kier alpha value is -1.79. The molecular weight excluding hydrogens is 210 g/mol. The van der Waals surface area contributed by atoms with Crippen molar-refractivity contribution in [1.82, 2.24) is 9.88 Å². The summed E-state index contributed by atoms with van der Waals surface area (Å²) in [7, 11) is 0. The summed E-state index contributed by atoms with van der Waals surface area (Å²) in [4.78, 5) is 0. The highest BCUT2D eigenvalue weighted by Crippen LogP contribution is 2.23. The van der Waals surface area contributed by atoms with Gasteiger partial charge in [0.2, 0.25) is 0 Å². The molecule has 0 saturated carbocycles. The zero-order valence-corrected chi connectivity index (χ0v) is 10.3. The summed E-state index contributed by atoms with van der Waals surface area (Å²) < 4.78 is 2.28. The van der Waals surface area contributed by atoms with E-state index in [2.05, 4.69) is 28.2 Å². The third-order valence-electron chi connectivity index (χ3n) is 3.00. The Bertz CT molecular complexity index is 544. The lowest BCUT2D eigenvalue weighted by Gasteiger charge is -2.29. The molecule has 2 heterocycles.